The molecule has 1 heterocycles. The fourth-order valence-electron chi connectivity index (χ4n) is 1.19. The Morgan fingerprint density at radius 3 is 2.64 bits per heavy atom. The minimum atomic E-state index is -0.212. The van der Waals surface area contributed by atoms with Crippen molar-refractivity contribution in [2.45, 2.75) is 6.92 Å². The van der Waals surface area contributed by atoms with Gasteiger partial charge in [-0.25, -0.2) is 4.79 Å². The normalized spacial score (nSPS) is 18.6. The van der Waals surface area contributed by atoms with Crippen molar-refractivity contribution < 1.29 is 9.53 Å². The van der Waals surface area contributed by atoms with Crippen LogP contribution in [0.15, 0.2) is 29.2 Å². The fourth-order valence-corrected chi connectivity index (χ4v) is 1.88. The Bertz CT molecular complexity index is 379. The van der Waals surface area contributed by atoms with Crippen LogP contribution in [0.25, 0.3) is 6.08 Å². The summed E-state index contributed by atoms with van der Waals surface area (Å²) in [6, 6.07) is 8.04. The molecule has 0 aromatic heterocycles. The van der Waals surface area contributed by atoms with Gasteiger partial charge in [-0.2, -0.15) is 0 Å². The number of esters is 1. The molecule has 2 rings (SSSR count). The molecule has 0 spiro atoms. The van der Waals surface area contributed by atoms with E-state index in [0.29, 0.717) is 10.8 Å². The predicted octanol–water partition coefficient (Wildman–Crippen LogP) is 2.58. The van der Waals surface area contributed by atoms with E-state index in [4.69, 9.17) is 4.74 Å². The first-order valence-corrected chi connectivity index (χ1v) is 5.32. The van der Waals surface area contributed by atoms with Gasteiger partial charge in [0, 0.05) is 0 Å². The number of ether oxygens (including phenoxy) is 1. The fraction of sp³-hybridized carbons (Fsp3) is 0.182. The molecule has 2 nitrogen and oxygen atoms in total. The quantitative estimate of drug-likeness (QED) is 0.522. The van der Waals surface area contributed by atoms with Crippen LogP contribution >= 0.6 is 11.8 Å². The number of benzene rings is 1. The van der Waals surface area contributed by atoms with Gasteiger partial charge >= 0.3 is 5.97 Å². The molecule has 14 heavy (non-hydrogen) atoms. The third kappa shape index (κ3) is 1.99. The number of rotatable bonds is 1. The number of aryl methyl sites for hydroxylation is 1. The van der Waals surface area contributed by atoms with Crippen molar-refractivity contribution in [2.24, 2.45) is 0 Å². The predicted molar refractivity (Wildman–Crippen MR) is 57.7 cm³/mol. The zero-order valence-corrected chi connectivity index (χ0v) is 8.64. The van der Waals surface area contributed by atoms with Crippen LogP contribution in [-0.4, -0.2) is 11.9 Å². The lowest BCUT2D eigenvalue weighted by atomic mass is 10.1. The number of carbonyl (C=O) groups excluding carboxylic acids is 1. The number of cyclic esters (lactones) is 1. The Labute approximate surface area is 87.0 Å². The third-order valence-corrected chi connectivity index (χ3v) is 2.81. The zero-order chi connectivity index (χ0) is 9.97. The first kappa shape index (κ1) is 9.34. The smallest absolute Gasteiger partial charge is 0.345 e. The molecule has 3 heteroatoms. The SMILES string of the molecule is Cc1ccc(C=C2SCOC2=O)cc1. The molecular formula is C11H10O2S. The van der Waals surface area contributed by atoms with Crippen LogP contribution in [-0.2, 0) is 9.53 Å². The number of carbonyl (C=O) groups is 1. The number of thioether (sulfide) groups is 1. The van der Waals surface area contributed by atoms with E-state index in [1.54, 1.807) is 0 Å². The van der Waals surface area contributed by atoms with Gasteiger partial charge in [-0.15, -0.1) is 0 Å². The lowest BCUT2D eigenvalue weighted by molar-refractivity contribution is -0.134. The van der Waals surface area contributed by atoms with Gasteiger partial charge in [-0.3, -0.25) is 0 Å². The Kier molecular flexibility index (Phi) is 2.59. The first-order chi connectivity index (χ1) is 6.75. The molecule has 0 unspecified atom stereocenters. The molecule has 0 atom stereocenters. The van der Waals surface area contributed by atoms with Crippen molar-refractivity contribution in [2.75, 3.05) is 5.94 Å². The molecule has 1 aliphatic heterocycles. The summed E-state index contributed by atoms with van der Waals surface area (Å²) in [6.07, 6.45) is 1.86. The van der Waals surface area contributed by atoms with Gasteiger partial charge < -0.3 is 4.74 Å². The van der Waals surface area contributed by atoms with Gasteiger partial charge in [-0.05, 0) is 18.6 Å². The van der Waals surface area contributed by atoms with Gasteiger partial charge in [0.15, 0.2) is 0 Å². The molecule has 0 saturated carbocycles. The summed E-state index contributed by atoms with van der Waals surface area (Å²) in [4.78, 5) is 11.8. The van der Waals surface area contributed by atoms with E-state index in [2.05, 4.69) is 0 Å². The number of hydrogen-bond donors (Lipinski definition) is 0. The summed E-state index contributed by atoms with van der Waals surface area (Å²) >= 11 is 1.44. The van der Waals surface area contributed by atoms with E-state index >= 15 is 0 Å². The van der Waals surface area contributed by atoms with E-state index in [-0.39, 0.29) is 5.97 Å². The van der Waals surface area contributed by atoms with Crippen LogP contribution in [0.5, 0.6) is 0 Å². The average Bonchev–Trinajstić information content (AvgIpc) is 2.56. The Morgan fingerprint density at radius 2 is 2.07 bits per heavy atom. The molecule has 1 fully saturated rings. The van der Waals surface area contributed by atoms with E-state index < -0.39 is 0 Å². The maximum atomic E-state index is 11.1. The molecule has 0 radical (unpaired) electrons. The van der Waals surface area contributed by atoms with Crippen molar-refractivity contribution >= 4 is 23.8 Å². The molecular weight excluding hydrogens is 196 g/mol. The molecule has 0 aliphatic carbocycles. The van der Waals surface area contributed by atoms with Crippen LogP contribution < -0.4 is 0 Å². The highest BCUT2D eigenvalue weighted by molar-refractivity contribution is 8.04. The van der Waals surface area contributed by atoms with Crippen LogP contribution in [0, 0.1) is 6.92 Å². The topological polar surface area (TPSA) is 26.3 Å². The van der Waals surface area contributed by atoms with Gasteiger partial charge in [0.1, 0.15) is 5.94 Å². The van der Waals surface area contributed by atoms with E-state index in [0.717, 1.165) is 5.56 Å². The standard InChI is InChI=1S/C11H10O2S/c1-8-2-4-9(5-3-8)6-10-11(12)13-7-14-10/h2-6H,7H2,1H3. The second-order valence-electron chi connectivity index (χ2n) is 3.11. The second-order valence-corrected chi connectivity index (χ2v) is 4.08. The highest BCUT2D eigenvalue weighted by Crippen LogP contribution is 2.27. The highest BCUT2D eigenvalue weighted by Gasteiger charge is 2.18. The first-order valence-electron chi connectivity index (χ1n) is 4.34. The second kappa shape index (κ2) is 3.88. The molecule has 0 bridgehead atoms. The average molecular weight is 206 g/mol. The van der Waals surface area contributed by atoms with Crippen LogP contribution in [0.4, 0.5) is 0 Å². The van der Waals surface area contributed by atoms with Crippen LogP contribution in [0.3, 0.4) is 0 Å². The van der Waals surface area contributed by atoms with Crippen molar-refractivity contribution in [1.29, 1.82) is 0 Å². The van der Waals surface area contributed by atoms with Crippen LogP contribution in [0.1, 0.15) is 11.1 Å². The maximum Gasteiger partial charge on any atom is 0.345 e. The summed E-state index contributed by atoms with van der Waals surface area (Å²) in [6.45, 7) is 2.04. The minimum Gasteiger partial charge on any atom is -0.450 e. The molecule has 72 valence electrons. The van der Waals surface area contributed by atoms with Crippen molar-refractivity contribution in [1.82, 2.24) is 0 Å². The van der Waals surface area contributed by atoms with Crippen molar-refractivity contribution in [3.8, 4) is 0 Å². The molecule has 0 amide bonds. The molecule has 1 aromatic carbocycles. The molecule has 1 saturated heterocycles. The van der Waals surface area contributed by atoms with Gasteiger partial charge in [-0.1, -0.05) is 41.6 Å². The summed E-state index contributed by atoms with van der Waals surface area (Å²) in [7, 11) is 0. The highest BCUT2D eigenvalue weighted by atomic mass is 32.2. The third-order valence-electron chi connectivity index (χ3n) is 1.98. The molecule has 1 aliphatic rings. The summed E-state index contributed by atoms with van der Waals surface area (Å²) in [5, 5.41) is 0. The Balaban J connectivity index is 2.24. The van der Waals surface area contributed by atoms with Gasteiger partial charge in [0.25, 0.3) is 0 Å². The minimum absolute atomic E-state index is 0.212. The monoisotopic (exact) mass is 206 g/mol. The van der Waals surface area contributed by atoms with Gasteiger partial charge in [0.2, 0.25) is 0 Å². The lowest BCUT2D eigenvalue weighted by Gasteiger charge is -1.95. The van der Waals surface area contributed by atoms with E-state index in [1.807, 2.05) is 37.3 Å². The summed E-state index contributed by atoms with van der Waals surface area (Å²) in [5.74, 6) is 0.229. The Hall–Kier alpha value is -1.22. The largest absolute Gasteiger partial charge is 0.450 e. The van der Waals surface area contributed by atoms with Crippen molar-refractivity contribution in [3.05, 3.63) is 40.3 Å². The zero-order valence-electron chi connectivity index (χ0n) is 7.82. The van der Waals surface area contributed by atoms with Gasteiger partial charge in [0.05, 0.1) is 4.91 Å². The maximum absolute atomic E-state index is 11.1. The summed E-state index contributed by atoms with van der Waals surface area (Å²) in [5.41, 5.74) is 2.26. The van der Waals surface area contributed by atoms with Crippen LogP contribution in [0.2, 0.25) is 0 Å². The van der Waals surface area contributed by atoms with E-state index in [1.165, 1.54) is 17.3 Å². The Morgan fingerprint density at radius 1 is 1.36 bits per heavy atom. The number of hydrogen-bond acceptors (Lipinski definition) is 3. The lowest BCUT2D eigenvalue weighted by Crippen LogP contribution is -1.93. The molecule has 0 N–H and O–H groups in total. The summed E-state index contributed by atoms with van der Waals surface area (Å²) < 4.78 is 4.82. The van der Waals surface area contributed by atoms with E-state index in [9.17, 15) is 4.79 Å². The molecule has 1 aromatic rings. The van der Waals surface area contributed by atoms with Crippen molar-refractivity contribution in [3.63, 3.8) is 0 Å².